The lowest BCUT2D eigenvalue weighted by atomic mass is 9.68. The molecule has 0 fully saturated rings. The van der Waals surface area contributed by atoms with E-state index in [0.29, 0.717) is 6.42 Å². The number of nitroso groups, excluding NO2 is 1. The third-order valence-electron chi connectivity index (χ3n) is 5.63. The predicted octanol–water partition coefficient (Wildman–Crippen LogP) is 6.12. The largest absolute Gasteiger partial charge is 0.366 e. The van der Waals surface area contributed by atoms with E-state index >= 15 is 0 Å². The fourth-order valence-corrected chi connectivity index (χ4v) is 3.85. The van der Waals surface area contributed by atoms with Gasteiger partial charge in [-0.2, -0.15) is 4.91 Å². The highest BCUT2D eigenvalue weighted by Crippen LogP contribution is 2.48. The molecule has 0 heterocycles. The molecule has 0 spiro atoms. The molecule has 148 valence electrons. The molecule has 0 aromatic heterocycles. The molecule has 1 aromatic rings. The van der Waals surface area contributed by atoms with Crippen LogP contribution in [0.2, 0.25) is 0 Å². The molecule has 2 N–H and O–H groups in total. The third kappa shape index (κ3) is 7.55. The molecular weight excluding hydrogens is 326 g/mol. The number of nitrogens with zero attached hydrogens (tertiary/aromatic N) is 1. The van der Waals surface area contributed by atoms with Crippen LogP contribution < -0.4 is 0 Å². The summed E-state index contributed by atoms with van der Waals surface area (Å²) in [5.74, 6) is -1.72. The molecular formula is C22H37NO3. The Morgan fingerprint density at radius 2 is 1.54 bits per heavy atom. The van der Waals surface area contributed by atoms with Crippen molar-refractivity contribution in [1.29, 1.82) is 0 Å². The highest BCUT2D eigenvalue weighted by Gasteiger charge is 2.40. The van der Waals surface area contributed by atoms with E-state index in [2.05, 4.69) is 19.0 Å². The molecule has 26 heavy (non-hydrogen) atoms. The first kappa shape index (κ1) is 22.8. The minimum absolute atomic E-state index is 0.246. The monoisotopic (exact) mass is 363 g/mol. The van der Waals surface area contributed by atoms with Crippen LogP contribution in [-0.2, 0) is 0 Å². The summed E-state index contributed by atoms with van der Waals surface area (Å²) in [5.41, 5.74) is 0.591. The summed E-state index contributed by atoms with van der Waals surface area (Å²) >= 11 is 0. The Morgan fingerprint density at radius 1 is 0.923 bits per heavy atom. The van der Waals surface area contributed by atoms with Crippen molar-refractivity contribution < 1.29 is 10.2 Å². The van der Waals surface area contributed by atoms with Gasteiger partial charge in [0.05, 0.1) is 0 Å². The zero-order chi connectivity index (χ0) is 19.5. The van der Waals surface area contributed by atoms with Gasteiger partial charge in [-0.25, -0.2) is 0 Å². The number of hydrogen-bond acceptors (Lipinski definition) is 4. The molecule has 0 saturated heterocycles. The van der Waals surface area contributed by atoms with Gasteiger partial charge in [-0.3, -0.25) is 0 Å². The van der Waals surface area contributed by atoms with E-state index in [9.17, 15) is 15.1 Å². The van der Waals surface area contributed by atoms with Crippen LogP contribution in [0.25, 0.3) is 0 Å². The number of hydrogen-bond donors (Lipinski definition) is 2. The van der Waals surface area contributed by atoms with Crippen molar-refractivity contribution in [2.75, 3.05) is 0 Å². The summed E-state index contributed by atoms with van der Waals surface area (Å²) in [4.78, 5) is 11.8. The smallest absolute Gasteiger partial charge is 0.159 e. The molecule has 0 amide bonds. The Labute approximate surface area is 159 Å². The fraction of sp³-hybridized carbons (Fsp3) is 0.727. The topological polar surface area (TPSA) is 69.9 Å². The molecule has 4 nitrogen and oxygen atoms in total. The summed E-state index contributed by atoms with van der Waals surface area (Å²) in [5, 5.41) is 23.2. The normalized spacial score (nSPS) is 15.4. The Hall–Kier alpha value is -1.26. The Balaban J connectivity index is 2.92. The van der Waals surface area contributed by atoms with Gasteiger partial charge in [0.2, 0.25) is 0 Å². The molecule has 2 atom stereocenters. The summed E-state index contributed by atoms with van der Waals surface area (Å²) in [6.45, 7) is 5.71. The second-order valence-corrected chi connectivity index (χ2v) is 7.87. The highest BCUT2D eigenvalue weighted by molar-refractivity contribution is 5.22. The molecule has 2 unspecified atom stereocenters. The maximum absolute atomic E-state index is 11.8. The lowest BCUT2D eigenvalue weighted by Crippen LogP contribution is -2.32. The van der Waals surface area contributed by atoms with Gasteiger partial charge in [0.1, 0.15) is 6.04 Å². The molecule has 0 bridgehead atoms. The van der Waals surface area contributed by atoms with Crippen LogP contribution in [0, 0.1) is 10.3 Å². The van der Waals surface area contributed by atoms with Crippen molar-refractivity contribution in [2.45, 2.75) is 96.8 Å². The van der Waals surface area contributed by atoms with E-state index in [1.165, 1.54) is 32.6 Å². The van der Waals surface area contributed by atoms with Crippen molar-refractivity contribution in [3.63, 3.8) is 0 Å². The number of rotatable bonds is 14. The highest BCUT2D eigenvalue weighted by atomic mass is 16.5. The average Bonchev–Trinajstić information content (AvgIpc) is 2.63. The van der Waals surface area contributed by atoms with Crippen molar-refractivity contribution in [3.05, 3.63) is 40.8 Å². The van der Waals surface area contributed by atoms with Crippen LogP contribution in [0.15, 0.2) is 35.5 Å². The Kier molecular flexibility index (Phi) is 10.0. The summed E-state index contributed by atoms with van der Waals surface area (Å²) in [7, 11) is 0. The van der Waals surface area contributed by atoms with Crippen LogP contribution in [-0.4, -0.2) is 16.0 Å². The van der Waals surface area contributed by atoms with E-state index in [4.69, 9.17) is 0 Å². The summed E-state index contributed by atoms with van der Waals surface area (Å²) < 4.78 is 0. The molecule has 0 aliphatic carbocycles. The summed E-state index contributed by atoms with van der Waals surface area (Å²) in [6, 6.07) is 9.25. The molecule has 0 radical (unpaired) electrons. The van der Waals surface area contributed by atoms with Crippen molar-refractivity contribution in [2.24, 2.45) is 10.6 Å². The first-order valence-corrected chi connectivity index (χ1v) is 10.2. The van der Waals surface area contributed by atoms with E-state index in [1.54, 1.807) is 0 Å². The van der Waals surface area contributed by atoms with Gasteiger partial charge in [-0.15, -0.1) is 0 Å². The van der Waals surface area contributed by atoms with E-state index in [1.807, 2.05) is 30.3 Å². The Morgan fingerprint density at radius 3 is 2.08 bits per heavy atom. The number of aliphatic hydroxyl groups is 2. The van der Waals surface area contributed by atoms with Crippen molar-refractivity contribution in [1.82, 2.24) is 0 Å². The zero-order valence-electron chi connectivity index (χ0n) is 16.8. The van der Waals surface area contributed by atoms with Crippen molar-refractivity contribution in [3.8, 4) is 0 Å². The van der Waals surface area contributed by atoms with E-state index in [0.717, 1.165) is 31.2 Å². The van der Waals surface area contributed by atoms with Gasteiger partial charge in [0.15, 0.2) is 5.79 Å². The maximum atomic E-state index is 11.8. The first-order chi connectivity index (χ1) is 12.4. The van der Waals surface area contributed by atoms with Crippen LogP contribution in [0.5, 0.6) is 0 Å². The number of unbranched alkanes of at least 4 members (excludes halogenated alkanes) is 5. The molecule has 0 aliphatic heterocycles. The maximum Gasteiger partial charge on any atom is 0.159 e. The average molecular weight is 364 g/mol. The molecule has 1 rings (SSSR count). The molecule has 0 saturated carbocycles. The van der Waals surface area contributed by atoms with Crippen LogP contribution >= 0.6 is 0 Å². The predicted molar refractivity (Wildman–Crippen MR) is 108 cm³/mol. The van der Waals surface area contributed by atoms with Gasteiger partial charge in [0.25, 0.3) is 0 Å². The third-order valence-corrected chi connectivity index (χ3v) is 5.63. The van der Waals surface area contributed by atoms with Crippen LogP contribution in [0.3, 0.4) is 0 Å². The lowest BCUT2D eigenvalue weighted by molar-refractivity contribution is -0.156. The van der Waals surface area contributed by atoms with Gasteiger partial charge in [0, 0.05) is 11.8 Å². The fourth-order valence-electron chi connectivity index (χ4n) is 3.85. The SMILES string of the molecule is CCCCCCCCC(CC)(CCC(C)(O)O)C(N=O)c1ccccc1. The standard InChI is InChI=1S/C22H37NO3/c1-4-6-7-8-9-13-16-22(5-2,18-17-21(3,24)25)20(23-26)19-14-11-10-12-15-19/h10-12,14-15,20,24-25H,4-9,13,16-18H2,1-3H3. The van der Waals surface area contributed by atoms with Gasteiger partial charge >= 0.3 is 0 Å². The van der Waals surface area contributed by atoms with Gasteiger partial charge < -0.3 is 10.2 Å². The second kappa shape index (κ2) is 11.5. The van der Waals surface area contributed by atoms with Crippen LogP contribution in [0.1, 0.15) is 96.6 Å². The van der Waals surface area contributed by atoms with Crippen molar-refractivity contribution >= 4 is 0 Å². The van der Waals surface area contributed by atoms with Crippen LogP contribution in [0.4, 0.5) is 0 Å². The van der Waals surface area contributed by atoms with Gasteiger partial charge in [-0.05, 0) is 31.7 Å². The van der Waals surface area contributed by atoms with E-state index < -0.39 is 11.8 Å². The quantitative estimate of drug-likeness (QED) is 0.237. The second-order valence-electron chi connectivity index (χ2n) is 7.87. The number of benzene rings is 1. The first-order valence-electron chi connectivity index (χ1n) is 10.2. The minimum Gasteiger partial charge on any atom is -0.366 e. The summed E-state index contributed by atoms with van der Waals surface area (Å²) in [6.07, 6.45) is 9.68. The molecule has 0 aliphatic rings. The lowest BCUT2D eigenvalue weighted by Gasteiger charge is -2.38. The molecule has 4 heteroatoms. The zero-order valence-corrected chi connectivity index (χ0v) is 16.8. The molecule has 1 aromatic carbocycles. The minimum atomic E-state index is -1.72. The van der Waals surface area contributed by atoms with Gasteiger partial charge in [-0.1, -0.05) is 87.9 Å². The Bertz CT molecular complexity index is 498. The van der Waals surface area contributed by atoms with E-state index in [-0.39, 0.29) is 11.8 Å².